The van der Waals surface area contributed by atoms with E-state index < -0.39 is 0 Å². The van der Waals surface area contributed by atoms with Gasteiger partial charge in [-0.1, -0.05) is 20.8 Å². The number of thiophene rings is 1. The molecular formula is C10H16OS. The van der Waals surface area contributed by atoms with Crippen LogP contribution in [0.3, 0.4) is 0 Å². The predicted molar refractivity (Wildman–Crippen MR) is 54.3 cm³/mol. The van der Waals surface area contributed by atoms with Gasteiger partial charge in [-0.25, -0.2) is 0 Å². The van der Waals surface area contributed by atoms with E-state index in [4.69, 9.17) is 4.74 Å². The highest BCUT2D eigenvalue weighted by atomic mass is 32.1. The highest BCUT2D eigenvalue weighted by Crippen LogP contribution is 2.36. The molecule has 0 atom stereocenters. The number of hydrogen-bond donors (Lipinski definition) is 0. The summed E-state index contributed by atoms with van der Waals surface area (Å²) in [5, 5.41) is 3.23. The zero-order valence-corrected chi connectivity index (χ0v) is 9.21. The fourth-order valence-corrected chi connectivity index (χ4v) is 2.48. The zero-order chi connectivity index (χ0) is 9.35. The molecule has 12 heavy (non-hydrogen) atoms. The average molecular weight is 184 g/mol. The van der Waals surface area contributed by atoms with Gasteiger partial charge < -0.3 is 4.74 Å². The lowest BCUT2D eigenvalue weighted by atomic mass is 9.87. The maximum Gasteiger partial charge on any atom is 0.176 e. The van der Waals surface area contributed by atoms with Crippen molar-refractivity contribution in [3.63, 3.8) is 0 Å². The van der Waals surface area contributed by atoms with Gasteiger partial charge in [0.05, 0.1) is 7.11 Å². The quantitative estimate of drug-likeness (QED) is 0.650. The molecule has 0 N–H and O–H groups in total. The molecule has 2 heteroatoms. The van der Waals surface area contributed by atoms with Gasteiger partial charge >= 0.3 is 0 Å². The summed E-state index contributed by atoms with van der Waals surface area (Å²) in [6.45, 7) is 8.79. The molecule has 1 aromatic rings. The Kier molecular flexibility index (Phi) is 2.47. The van der Waals surface area contributed by atoms with Crippen molar-refractivity contribution in [2.45, 2.75) is 33.1 Å². The van der Waals surface area contributed by atoms with E-state index in [-0.39, 0.29) is 5.41 Å². The molecular weight excluding hydrogens is 168 g/mol. The summed E-state index contributed by atoms with van der Waals surface area (Å²) in [6, 6.07) is 0. The zero-order valence-electron chi connectivity index (χ0n) is 8.39. The van der Waals surface area contributed by atoms with Crippen LogP contribution in [0.2, 0.25) is 0 Å². The van der Waals surface area contributed by atoms with Crippen LogP contribution in [0.5, 0.6) is 5.06 Å². The van der Waals surface area contributed by atoms with Gasteiger partial charge in [-0.05, 0) is 23.3 Å². The normalized spacial score (nSPS) is 11.8. The van der Waals surface area contributed by atoms with E-state index in [0.29, 0.717) is 0 Å². The van der Waals surface area contributed by atoms with Crippen LogP contribution in [0, 0.1) is 6.92 Å². The van der Waals surface area contributed by atoms with Gasteiger partial charge in [-0.15, -0.1) is 11.3 Å². The van der Waals surface area contributed by atoms with Crippen LogP contribution < -0.4 is 4.74 Å². The van der Waals surface area contributed by atoms with Crippen molar-refractivity contribution in [1.82, 2.24) is 0 Å². The monoisotopic (exact) mass is 184 g/mol. The van der Waals surface area contributed by atoms with E-state index >= 15 is 0 Å². The fourth-order valence-electron chi connectivity index (χ4n) is 1.34. The number of rotatable bonds is 1. The second kappa shape index (κ2) is 3.09. The molecule has 1 rings (SSSR count). The first kappa shape index (κ1) is 9.59. The maximum atomic E-state index is 5.24. The molecule has 0 spiro atoms. The van der Waals surface area contributed by atoms with E-state index in [0.717, 1.165) is 5.06 Å². The molecule has 0 fully saturated rings. The van der Waals surface area contributed by atoms with E-state index in [1.165, 1.54) is 11.1 Å². The highest BCUT2D eigenvalue weighted by molar-refractivity contribution is 7.12. The average Bonchev–Trinajstić information content (AvgIpc) is 2.29. The number of methoxy groups -OCH3 is 1. The molecule has 0 radical (unpaired) electrons. The number of hydrogen-bond acceptors (Lipinski definition) is 2. The summed E-state index contributed by atoms with van der Waals surface area (Å²) in [5.41, 5.74) is 2.91. The second-order valence-corrected chi connectivity index (χ2v) is 4.86. The Hall–Kier alpha value is -0.500. The Labute approximate surface area is 78.4 Å². The van der Waals surface area contributed by atoms with Crippen LogP contribution in [0.4, 0.5) is 0 Å². The van der Waals surface area contributed by atoms with Gasteiger partial charge in [0, 0.05) is 5.56 Å². The molecule has 0 saturated heterocycles. The van der Waals surface area contributed by atoms with Crippen LogP contribution in [0.15, 0.2) is 5.38 Å². The van der Waals surface area contributed by atoms with Crippen molar-refractivity contribution < 1.29 is 4.74 Å². The molecule has 0 aliphatic rings. The summed E-state index contributed by atoms with van der Waals surface area (Å²) >= 11 is 1.68. The highest BCUT2D eigenvalue weighted by Gasteiger charge is 2.19. The minimum absolute atomic E-state index is 0.233. The van der Waals surface area contributed by atoms with Crippen molar-refractivity contribution in [2.24, 2.45) is 0 Å². The molecule has 1 heterocycles. The third-order valence-electron chi connectivity index (χ3n) is 1.99. The molecule has 0 amide bonds. The van der Waals surface area contributed by atoms with Crippen molar-refractivity contribution >= 4 is 11.3 Å². The van der Waals surface area contributed by atoms with Gasteiger partial charge in [0.25, 0.3) is 0 Å². The summed E-state index contributed by atoms with van der Waals surface area (Å²) in [7, 11) is 1.73. The third kappa shape index (κ3) is 1.63. The smallest absolute Gasteiger partial charge is 0.176 e. The first-order valence-electron chi connectivity index (χ1n) is 4.09. The Morgan fingerprint density at radius 1 is 1.33 bits per heavy atom. The van der Waals surface area contributed by atoms with Crippen LogP contribution in [-0.4, -0.2) is 7.11 Å². The molecule has 0 bridgehead atoms. The molecule has 0 saturated carbocycles. The van der Waals surface area contributed by atoms with Crippen molar-refractivity contribution in [3.8, 4) is 5.06 Å². The molecule has 0 aliphatic carbocycles. The topological polar surface area (TPSA) is 9.23 Å². The van der Waals surface area contributed by atoms with E-state index in [1.54, 1.807) is 18.4 Å². The number of ether oxygens (including phenoxy) is 1. The predicted octanol–water partition coefficient (Wildman–Crippen LogP) is 3.36. The lowest BCUT2D eigenvalue weighted by molar-refractivity contribution is 0.422. The van der Waals surface area contributed by atoms with Crippen molar-refractivity contribution in [3.05, 3.63) is 16.5 Å². The lowest BCUT2D eigenvalue weighted by Gasteiger charge is -2.18. The maximum absolute atomic E-state index is 5.24. The molecule has 1 nitrogen and oxygen atoms in total. The van der Waals surface area contributed by atoms with Gasteiger partial charge in [-0.3, -0.25) is 0 Å². The molecule has 0 aromatic carbocycles. The van der Waals surface area contributed by atoms with Gasteiger partial charge in [0.1, 0.15) is 0 Å². The largest absolute Gasteiger partial charge is 0.487 e. The van der Waals surface area contributed by atoms with E-state index in [9.17, 15) is 0 Å². The fraction of sp³-hybridized carbons (Fsp3) is 0.600. The standard InChI is InChI=1S/C10H16OS/c1-7-8(10(2,3)4)6-12-9(7)11-5/h6H,1-5H3. The minimum atomic E-state index is 0.233. The third-order valence-corrected chi connectivity index (χ3v) is 3.03. The van der Waals surface area contributed by atoms with Crippen molar-refractivity contribution in [2.75, 3.05) is 7.11 Å². The molecule has 68 valence electrons. The Morgan fingerprint density at radius 2 is 1.92 bits per heavy atom. The molecule has 1 aromatic heterocycles. The van der Waals surface area contributed by atoms with Gasteiger partial charge in [0.2, 0.25) is 0 Å². The SMILES string of the molecule is COc1scc(C(C)(C)C)c1C. The summed E-state index contributed by atoms with van der Waals surface area (Å²) in [6.07, 6.45) is 0. The first-order chi connectivity index (χ1) is 5.46. The summed E-state index contributed by atoms with van der Waals surface area (Å²) < 4.78 is 5.24. The molecule has 0 unspecified atom stereocenters. The van der Waals surface area contributed by atoms with Gasteiger partial charge in [-0.2, -0.15) is 0 Å². The van der Waals surface area contributed by atoms with Crippen LogP contribution in [0.1, 0.15) is 31.9 Å². The second-order valence-electron chi connectivity index (χ2n) is 4.02. The summed E-state index contributed by atoms with van der Waals surface area (Å²) in [4.78, 5) is 0. The van der Waals surface area contributed by atoms with Gasteiger partial charge in [0.15, 0.2) is 5.06 Å². The Bertz CT molecular complexity index is 268. The Balaban J connectivity index is 3.11. The lowest BCUT2D eigenvalue weighted by Crippen LogP contribution is -2.11. The minimum Gasteiger partial charge on any atom is -0.487 e. The van der Waals surface area contributed by atoms with E-state index in [2.05, 4.69) is 33.1 Å². The first-order valence-corrected chi connectivity index (χ1v) is 4.97. The van der Waals surface area contributed by atoms with E-state index in [1.807, 2.05) is 0 Å². The van der Waals surface area contributed by atoms with Crippen LogP contribution in [0.25, 0.3) is 0 Å². The van der Waals surface area contributed by atoms with Crippen LogP contribution in [-0.2, 0) is 5.41 Å². The summed E-state index contributed by atoms with van der Waals surface area (Å²) in [5.74, 6) is 0. The Morgan fingerprint density at radius 3 is 2.17 bits per heavy atom. The van der Waals surface area contributed by atoms with Crippen molar-refractivity contribution in [1.29, 1.82) is 0 Å². The van der Waals surface area contributed by atoms with Crippen LogP contribution >= 0.6 is 11.3 Å². The molecule has 0 aliphatic heterocycles.